The predicted molar refractivity (Wildman–Crippen MR) is 92.4 cm³/mol. The Morgan fingerprint density at radius 1 is 1.26 bits per heavy atom. The van der Waals surface area contributed by atoms with Crippen LogP contribution in [0.2, 0.25) is 10.0 Å². The molecule has 0 aliphatic carbocycles. The number of fused-ring (bicyclic) bond motifs is 1. The van der Waals surface area contributed by atoms with E-state index in [2.05, 4.69) is 16.0 Å². The van der Waals surface area contributed by atoms with Crippen LogP contribution in [0.4, 0.5) is 0 Å². The maximum absolute atomic E-state index is 9.59. The second-order valence-electron chi connectivity index (χ2n) is 5.11. The summed E-state index contributed by atoms with van der Waals surface area (Å²) in [6.07, 6.45) is 1.61. The fourth-order valence-corrected chi connectivity index (χ4v) is 2.74. The highest BCUT2D eigenvalue weighted by atomic mass is 35.5. The highest BCUT2D eigenvalue weighted by Crippen LogP contribution is 2.33. The number of benzene rings is 2. The summed E-state index contributed by atoms with van der Waals surface area (Å²) in [6, 6.07) is 11.0. The third-order valence-corrected chi connectivity index (χ3v) is 3.94. The summed E-state index contributed by atoms with van der Waals surface area (Å²) in [7, 11) is 0. The van der Waals surface area contributed by atoms with Gasteiger partial charge in [-0.25, -0.2) is 4.98 Å². The van der Waals surface area contributed by atoms with E-state index in [4.69, 9.17) is 23.2 Å². The fourth-order valence-electron chi connectivity index (χ4n) is 2.24. The lowest BCUT2D eigenvalue weighted by Gasteiger charge is -2.02. The molecule has 0 aliphatic rings. The Bertz CT molecular complexity index is 960. The van der Waals surface area contributed by atoms with Crippen molar-refractivity contribution in [3.05, 3.63) is 57.3 Å². The SMILES string of the molecule is Cc1ccc2nc(/C(C#N)=C\c3cc(Cl)c(O)c(Cl)c3)[nH]c2c1. The molecule has 2 N–H and O–H groups in total. The van der Waals surface area contributed by atoms with E-state index in [1.54, 1.807) is 6.08 Å². The fraction of sp³-hybridized carbons (Fsp3) is 0.0588. The maximum Gasteiger partial charge on any atom is 0.152 e. The first-order valence-corrected chi connectivity index (χ1v) is 7.50. The number of hydrogen-bond donors (Lipinski definition) is 2. The van der Waals surface area contributed by atoms with Crippen LogP contribution in [0.15, 0.2) is 30.3 Å². The molecule has 114 valence electrons. The van der Waals surface area contributed by atoms with Gasteiger partial charge in [-0.05, 0) is 48.4 Å². The van der Waals surface area contributed by atoms with Crippen LogP contribution in [-0.4, -0.2) is 15.1 Å². The molecule has 6 heteroatoms. The van der Waals surface area contributed by atoms with Crippen molar-refractivity contribution >= 4 is 45.9 Å². The summed E-state index contributed by atoms with van der Waals surface area (Å²) in [5, 5.41) is 19.3. The van der Waals surface area contributed by atoms with E-state index in [1.165, 1.54) is 12.1 Å². The number of aromatic nitrogens is 2. The maximum atomic E-state index is 9.59. The highest BCUT2D eigenvalue weighted by Gasteiger charge is 2.10. The summed E-state index contributed by atoms with van der Waals surface area (Å²) in [5.74, 6) is 0.289. The van der Waals surface area contributed by atoms with E-state index in [-0.39, 0.29) is 15.8 Å². The minimum Gasteiger partial charge on any atom is -0.505 e. The third-order valence-electron chi connectivity index (χ3n) is 3.36. The van der Waals surface area contributed by atoms with E-state index >= 15 is 0 Å². The van der Waals surface area contributed by atoms with Gasteiger partial charge in [0.1, 0.15) is 11.9 Å². The number of phenolic OH excluding ortho intramolecular Hbond substituents is 1. The van der Waals surface area contributed by atoms with Crippen LogP contribution in [0.3, 0.4) is 0 Å². The molecule has 1 heterocycles. The van der Waals surface area contributed by atoms with Gasteiger partial charge in [0.25, 0.3) is 0 Å². The Balaban J connectivity index is 2.09. The van der Waals surface area contributed by atoms with Gasteiger partial charge < -0.3 is 10.1 Å². The normalized spacial score (nSPS) is 11.7. The molecule has 0 spiro atoms. The lowest BCUT2D eigenvalue weighted by Crippen LogP contribution is -1.85. The van der Waals surface area contributed by atoms with Crippen molar-refractivity contribution in [2.45, 2.75) is 6.92 Å². The number of imidazole rings is 1. The highest BCUT2D eigenvalue weighted by molar-refractivity contribution is 6.37. The Morgan fingerprint density at radius 2 is 1.96 bits per heavy atom. The van der Waals surface area contributed by atoms with Crippen LogP contribution in [-0.2, 0) is 0 Å². The van der Waals surface area contributed by atoms with Gasteiger partial charge >= 0.3 is 0 Å². The van der Waals surface area contributed by atoms with Crippen molar-refractivity contribution < 1.29 is 5.11 Å². The van der Waals surface area contributed by atoms with E-state index in [1.807, 2.05) is 25.1 Å². The zero-order valence-corrected chi connectivity index (χ0v) is 13.6. The number of rotatable bonds is 2. The van der Waals surface area contributed by atoms with Gasteiger partial charge in [0.15, 0.2) is 5.75 Å². The summed E-state index contributed by atoms with van der Waals surface area (Å²) in [6.45, 7) is 1.99. The first-order chi connectivity index (χ1) is 11.0. The number of halogens is 2. The molecule has 0 atom stereocenters. The van der Waals surface area contributed by atoms with Crippen molar-refractivity contribution in [1.82, 2.24) is 9.97 Å². The number of phenols is 1. The lowest BCUT2D eigenvalue weighted by atomic mass is 10.1. The quantitative estimate of drug-likeness (QED) is 0.646. The minimum atomic E-state index is -0.178. The molecule has 0 fully saturated rings. The standard InChI is InChI=1S/C17H11Cl2N3O/c1-9-2-3-14-15(4-9)22-17(21-14)11(8-20)5-10-6-12(18)16(23)13(19)7-10/h2-7,23H,1H3,(H,21,22)/b11-5-. The van der Waals surface area contributed by atoms with E-state index < -0.39 is 0 Å². The first kappa shape index (κ1) is 15.4. The minimum absolute atomic E-state index is 0.126. The Hall–Kier alpha value is -2.48. The van der Waals surface area contributed by atoms with E-state index in [0.29, 0.717) is 17.0 Å². The van der Waals surface area contributed by atoms with Crippen molar-refractivity contribution in [3.8, 4) is 11.8 Å². The molecule has 1 aromatic heterocycles. The molecule has 0 unspecified atom stereocenters. The number of nitrogens with zero attached hydrogens (tertiary/aromatic N) is 2. The van der Waals surface area contributed by atoms with Gasteiger partial charge in [0.2, 0.25) is 0 Å². The number of H-pyrrole nitrogens is 1. The lowest BCUT2D eigenvalue weighted by molar-refractivity contribution is 0.476. The molecule has 0 amide bonds. The Kier molecular flexibility index (Phi) is 3.99. The van der Waals surface area contributed by atoms with Crippen LogP contribution in [0, 0.1) is 18.3 Å². The van der Waals surface area contributed by atoms with Gasteiger partial charge in [0.05, 0.1) is 26.7 Å². The van der Waals surface area contributed by atoms with Crippen LogP contribution >= 0.6 is 23.2 Å². The second-order valence-corrected chi connectivity index (χ2v) is 5.92. The van der Waals surface area contributed by atoms with E-state index in [9.17, 15) is 10.4 Å². The number of nitrogens with one attached hydrogen (secondary N) is 1. The Labute approximate surface area is 142 Å². The third kappa shape index (κ3) is 3.02. The molecule has 0 saturated heterocycles. The van der Waals surface area contributed by atoms with Gasteiger partial charge in [-0.3, -0.25) is 0 Å². The molecule has 3 rings (SSSR count). The molecule has 2 aromatic carbocycles. The van der Waals surface area contributed by atoms with Crippen molar-refractivity contribution in [3.63, 3.8) is 0 Å². The van der Waals surface area contributed by atoms with Crippen molar-refractivity contribution in [2.75, 3.05) is 0 Å². The Morgan fingerprint density at radius 3 is 2.61 bits per heavy atom. The molecule has 4 nitrogen and oxygen atoms in total. The predicted octanol–water partition coefficient (Wildman–Crippen LogP) is 4.95. The van der Waals surface area contributed by atoms with Crippen molar-refractivity contribution in [2.24, 2.45) is 0 Å². The monoisotopic (exact) mass is 343 g/mol. The zero-order chi connectivity index (χ0) is 16.6. The molecular weight excluding hydrogens is 333 g/mol. The van der Waals surface area contributed by atoms with Crippen LogP contribution < -0.4 is 0 Å². The van der Waals surface area contributed by atoms with E-state index in [0.717, 1.165) is 16.6 Å². The van der Waals surface area contributed by atoms with Gasteiger partial charge in [-0.15, -0.1) is 0 Å². The zero-order valence-electron chi connectivity index (χ0n) is 12.1. The topological polar surface area (TPSA) is 72.7 Å². The van der Waals surface area contributed by atoms with Gasteiger partial charge in [0, 0.05) is 0 Å². The van der Waals surface area contributed by atoms with Gasteiger partial charge in [-0.1, -0.05) is 29.3 Å². The molecule has 0 radical (unpaired) electrons. The summed E-state index contributed by atoms with van der Waals surface area (Å²) < 4.78 is 0. The van der Waals surface area contributed by atoms with Crippen molar-refractivity contribution in [1.29, 1.82) is 5.26 Å². The number of hydrogen-bond acceptors (Lipinski definition) is 3. The first-order valence-electron chi connectivity index (χ1n) is 6.74. The van der Waals surface area contributed by atoms with Gasteiger partial charge in [-0.2, -0.15) is 5.26 Å². The number of aromatic hydroxyl groups is 1. The molecular formula is C17H11Cl2N3O. The van der Waals surface area contributed by atoms with Crippen LogP contribution in [0.5, 0.6) is 5.75 Å². The largest absolute Gasteiger partial charge is 0.505 e. The summed E-state index contributed by atoms with van der Waals surface area (Å²) >= 11 is 11.8. The molecule has 23 heavy (non-hydrogen) atoms. The number of aromatic amines is 1. The second kappa shape index (κ2) is 5.96. The molecule has 0 aliphatic heterocycles. The summed E-state index contributed by atoms with van der Waals surface area (Å²) in [4.78, 5) is 7.55. The molecule has 0 saturated carbocycles. The molecule has 0 bridgehead atoms. The summed E-state index contributed by atoms with van der Waals surface area (Å²) in [5.41, 5.74) is 3.70. The smallest absolute Gasteiger partial charge is 0.152 e. The average molecular weight is 344 g/mol. The molecule has 3 aromatic rings. The van der Waals surface area contributed by atoms with Crippen LogP contribution in [0.25, 0.3) is 22.7 Å². The number of allylic oxidation sites excluding steroid dienone is 1. The number of aryl methyl sites for hydroxylation is 1. The van der Waals surface area contributed by atoms with Crippen LogP contribution in [0.1, 0.15) is 17.0 Å². The average Bonchev–Trinajstić information content (AvgIpc) is 2.92. The number of nitriles is 1.